The van der Waals surface area contributed by atoms with Gasteiger partial charge in [-0.15, -0.1) is 0 Å². The van der Waals surface area contributed by atoms with Gasteiger partial charge in [-0.2, -0.15) is 5.10 Å². The first kappa shape index (κ1) is 17.2. The molecule has 0 aliphatic heterocycles. The molecule has 20 heavy (non-hydrogen) atoms. The van der Waals surface area contributed by atoms with Gasteiger partial charge in [0.15, 0.2) is 0 Å². The second kappa shape index (κ2) is 7.22. The van der Waals surface area contributed by atoms with Crippen LogP contribution in [0.1, 0.15) is 49.2 Å². The summed E-state index contributed by atoms with van der Waals surface area (Å²) >= 11 is 0. The molecule has 0 aliphatic rings. The standard InChI is InChI=1S/C14H27N3O2S/c1-6-9-15-13(8-7-10-20(5,18)19)14-11(2)16-17(4)12(14)3/h13,15H,6-10H2,1-5H3. The molecular formula is C14H27N3O2S. The van der Waals surface area contributed by atoms with Crippen molar-refractivity contribution in [1.29, 1.82) is 0 Å². The molecule has 0 saturated carbocycles. The lowest BCUT2D eigenvalue weighted by Gasteiger charge is -2.19. The molecule has 0 saturated heterocycles. The molecule has 1 aromatic heterocycles. The molecule has 0 aromatic carbocycles. The van der Waals surface area contributed by atoms with Gasteiger partial charge in [-0.3, -0.25) is 4.68 Å². The van der Waals surface area contributed by atoms with E-state index in [1.165, 1.54) is 11.8 Å². The molecule has 1 aromatic rings. The summed E-state index contributed by atoms with van der Waals surface area (Å²) in [5.41, 5.74) is 3.39. The molecule has 1 atom stereocenters. The molecule has 0 fully saturated rings. The van der Waals surface area contributed by atoms with E-state index >= 15 is 0 Å². The van der Waals surface area contributed by atoms with Crippen molar-refractivity contribution in [3.8, 4) is 0 Å². The first-order valence-electron chi connectivity index (χ1n) is 7.17. The SMILES string of the molecule is CCCNC(CCCS(C)(=O)=O)c1c(C)nn(C)c1C. The largest absolute Gasteiger partial charge is 0.310 e. The zero-order chi connectivity index (χ0) is 15.3. The smallest absolute Gasteiger partial charge is 0.147 e. The van der Waals surface area contributed by atoms with Crippen molar-refractivity contribution in [2.75, 3.05) is 18.6 Å². The Labute approximate surface area is 122 Å². The Balaban J connectivity index is 2.83. The number of hydrogen-bond donors (Lipinski definition) is 1. The summed E-state index contributed by atoms with van der Waals surface area (Å²) in [5.74, 6) is 0.246. The molecule has 6 heteroatoms. The summed E-state index contributed by atoms with van der Waals surface area (Å²) in [6.07, 6.45) is 3.84. The van der Waals surface area contributed by atoms with Gasteiger partial charge in [-0.1, -0.05) is 6.92 Å². The molecule has 116 valence electrons. The quantitative estimate of drug-likeness (QED) is 0.796. The van der Waals surface area contributed by atoms with Gasteiger partial charge in [0.2, 0.25) is 0 Å². The minimum absolute atomic E-state index is 0.186. The third kappa shape index (κ3) is 4.90. The van der Waals surface area contributed by atoms with Crippen LogP contribution < -0.4 is 5.32 Å². The van der Waals surface area contributed by atoms with Gasteiger partial charge in [0.1, 0.15) is 9.84 Å². The van der Waals surface area contributed by atoms with E-state index < -0.39 is 9.84 Å². The van der Waals surface area contributed by atoms with Crippen LogP contribution in [-0.2, 0) is 16.9 Å². The molecular weight excluding hydrogens is 274 g/mol. The van der Waals surface area contributed by atoms with E-state index in [4.69, 9.17) is 0 Å². The normalized spacial score (nSPS) is 13.7. The molecule has 1 heterocycles. The third-order valence-electron chi connectivity index (χ3n) is 3.56. The Morgan fingerprint density at radius 3 is 2.45 bits per heavy atom. The predicted octanol–water partition coefficient (Wildman–Crippen LogP) is 1.90. The molecule has 0 spiro atoms. The number of aryl methyl sites for hydroxylation is 2. The lowest BCUT2D eigenvalue weighted by Crippen LogP contribution is -2.24. The zero-order valence-electron chi connectivity index (χ0n) is 13.2. The molecule has 5 nitrogen and oxygen atoms in total. The average Bonchev–Trinajstić information content (AvgIpc) is 2.57. The van der Waals surface area contributed by atoms with E-state index in [2.05, 4.69) is 24.3 Å². The van der Waals surface area contributed by atoms with Crippen LogP contribution in [0.4, 0.5) is 0 Å². The van der Waals surface area contributed by atoms with Gasteiger partial charge >= 0.3 is 0 Å². The molecule has 0 aliphatic carbocycles. The van der Waals surface area contributed by atoms with Crippen LogP contribution >= 0.6 is 0 Å². The van der Waals surface area contributed by atoms with Gasteiger partial charge < -0.3 is 5.32 Å². The summed E-state index contributed by atoms with van der Waals surface area (Å²) in [7, 11) is -0.942. The first-order valence-corrected chi connectivity index (χ1v) is 9.23. The van der Waals surface area contributed by atoms with Gasteiger partial charge in [0.25, 0.3) is 0 Å². The van der Waals surface area contributed by atoms with E-state index in [9.17, 15) is 8.42 Å². The van der Waals surface area contributed by atoms with Crippen molar-refractivity contribution in [2.24, 2.45) is 7.05 Å². The monoisotopic (exact) mass is 301 g/mol. The fourth-order valence-electron chi connectivity index (χ4n) is 2.51. The topological polar surface area (TPSA) is 64.0 Å². The molecule has 1 unspecified atom stereocenters. The number of nitrogens with zero attached hydrogens (tertiary/aromatic N) is 2. The van der Waals surface area contributed by atoms with Gasteiger partial charge in [-0.25, -0.2) is 8.42 Å². The summed E-state index contributed by atoms with van der Waals surface area (Å²) in [5, 5.41) is 7.97. The van der Waals surface area contributed by atoms with Crippen molar-refractivity contribution in [1.82, 2.24) is 15.1 Å². The second-order valence-electron chi connectivity index (χ2n) is 5.49. The minimum Gasteiger partial charge on any atom is -0.310 e. The fraction of sp³-hybridized carbons (Fsp3) is 0.786. The summed E-state index contributed by atoms with van der Waals surface area (Å²) in [6.45, 7) is 7.13. The number of sulfone groups is 1. The maximum atomic E-state index is 11.3. The highest BCUT2D eigenvalue weighted by Crippen LogP contribution is 2.25. The van der Waals surface area contributed by atoms with Crippen LogP contribution in [-0.4, -0.2) is 36.8 Å². The maximum Gasteiger partial charge on any atom is 0.147 e. The molecule has 0 amide bonds. The highest BCUT2D eigenvalue weighted by Gasteiger charge is 2.19. The lowest BCUT2D eigenvalue weighted by molar-refractivity contribution is 0.488. The second-order valence-corrected chi connectivity index (χ2v) is 7.75. The predicted molar refractivity (Wildman–Crippen MR) is 82.7 cm³/mol. The fourth-order valence-corrected chi connectivity index (χ4v) is 3.20. The molecule has 0 bridgehead atoms. The summed E-state index contributed by atoms with van der Waals surface area (Å²) in [6, 6.07) is 0.186. The average molecular weight is 301 g/mol. The van der Waals surface area contributed by atoms with Gasteiger partial charge in [0.05, 0.1) is 5.69 Å². The Morgan fingerprint density at radius 2 is 2.00 bits per heavy atom. The van der Waals surface area contributed by atoms with Crippen LogP contribution in [0.3, 0.4) is 0 Å². The van der Waals surface area contributed by atoms with Crippen LogP contribution in [0.15, 0.2) is 0 Å². The molecule has 1 rings (SSSR count). The number of aromatic nitrogens is 2. The van der Waals surface area contributed by atoms with E-state index in [1.54, 1.807) is 0 Å². The minimum atomic E-state index is -2.89. The van der Waals surface area contributed by atoms with Gasteiger partial charge in [0, 0.05) is 36.4 Å². The number of rotatable bonds is 8. The lowest BCUT2D eigenvalue weighted by atomic mass is 10.0. The third-order valence-corrected chi connectivity index (χ3v) is 4.59. The summed E-state index contributed by atoms with van der Waals surface area (Å²) in [4.78, 5) is 0. The highest BCUT2D eigenvalue weighted by molar-refractivity contribution is 7.90. The molecule has 0 radical (unpaired) electrons. The van der Waals surface area contributed by atoms with Crippen LogP contribution in [0.2, 0.25) is 0 Å². The zero-order valence-corrected chi connectivity index (χ0v) is 14.0. The maximum absolute atomic E-state index is 11.3. The van der Waals surface area contributed by atoms with Crippen molar-refractivity contribution in [2.45, 2.75) is 46.1 Å². The summed E-state index contributed by atoms with van der Waals surface area (Å²) < 4.78 is 24.4. The number of hydrogen-bond acceptors (Lipinski definition) is 4. The van der Waals surface area contributed by atoms with Gasteiger partial charge in [-0.05, 0) is 39.7 Å². The Bertz CT molecular complexity index is 535. The van der Waals surface area contributed by atoms with Crippen molar-refractivity contribution < 1.29 is 8.42 Å². The van der Waals surface area contributed by atoms with E-state index in [0.717, 1.165) is 30.8 Å². The Morgan fingerprint density at radius 1 is 1.35 bits per heavy atom. The van der Waals surface area contributed by atoms with Crippen molar-refractivity contribution >= 4 is 9.84 Å². The van der Waals surface area contributed by atoms with E-state index in [0.29, 0.717) is 6.42 Å². The van der Waals surface area contributed by atoms with Crippen molar-refractivity contribution in [3.05, 3.63) is 17.0 Å². The van der Waals surface area contributed by atoms with Crippen LogP contribution in [0.25, 0.3) is 0 Å². The van der Waals surface area contributed by atoms with Crippen molar-refractivity contribution in [3.63, 3.8) is 0 Å². The van der Waals surface area contributed by atoms with E-state index in [1.807, 2.05) is 18.7 Å². The Kier molecular flexibility index (Phi) is 6.20. The number of nitrogens with one attached hydrogen (secondary N) is 1. The van der Waals surface area contributed by atoms with E-state index in [-0.39, 0.29) is 11.8 Å². The molecule has 1 N–H and O–H groups in total. The van der Waals surface area contributed by atoms with Crippen LogP contribution in [0, 0.1) is 13.8 Å². The van der Waals surface area contributed by atoms with Crippen LogP contribution in [0.5, 0.6) is 0 Å². The highest BCUT2D eigenvalue weighted by atomic mass is 32.2. The Hall–Kier alpha value is -0.880. The first-order chi connectivity index (χ1) is 9.26.